The Hall–Kier alpha value is -1.16. The maximum atomic E-state index is 11.9. The zero-order valence-corrected chi connectivity index (χ0v) is 18.6. The van der Waals surface area contributed by atoms with Crippen molar-refractivity contribution in [1.82, 2.24) is 5.43 Å². The zero-order valence-electron chi connectivity index (χ0n) is 17.1. The number of benzene rings is 1. The van der Waals surface area contributed by atoms with Gasteiger partial charge in [-0.25, -0.2) is 0 Å². The first-order valence-electron chi connectivity index (χ1n) is 8.92. The molecule has 0 bridgehead atoms. The summed E-state index contributed by atoms with van der Waals surface area (Å²) < 4.78 is 62.6. The molecule has 0 atom stereocenters. The number of hydrogen-bond donors (Lipinski definition) is 2. The van der Waals surface area contributed by atoms with Crippen LogP contribution in [0.1, 0.15) is 46.6 Å². The van der Waals surface area contributed by atoms with Crippen molar-refractivity contribution in [3.63, 3.8) is 0 Å². The molecule has 172 valence electrons. The molecule has 0 heterocycles. The molecule has 1 rings (SSSR count). The summed E-state index contributed by atoms with van der Waals surface area (Å²) in [6.45, 7) is 9.57. The molecule has 0 saturated heterocycles. The number of ether oxygens (including phenoxy) is 1. The third kappa shape index (κ3) is 15.4. The second-order valence-corrected chi connectivity index (χ2v) is 5.47. The van der Waals surface area contributed by atoms with Gasteiger partial charge in [-0.2, -0.15) is 22.0 Å². The number of carbonyl (C=O) groups is 1. The summed E-state index contributed by atoms with van der Waals surface area (Å²) in [5.74, 6) is -0.406. The minimum Gasteiger partial charge on any atom is -0.466 e. The van der Waals surface area contributed by atoms with Crippen LogP contribution in [-0.2, 0) is 16.0 Å². The van der Waals surface area contributed by atoms with Crippen LogP contribution in [0.4, 0.5) is 22.0 Å². The van der Waals surface area contributed by atoms with Crippen LogP contribution in [0, 0.1) is 0 Å². The molecule has 0 saturated carbocycles. The van der Waals surface area contributed by atoms with Gasteiger partial charge in [0.15, 0.2) is 0 Å². The first-order chi connectivity index (χ1) is 13.4. The van der Waals surface area contributed by atoms with Crippen molar-refractivity contribution in [3.05, 3.63) is 33.8 Å². The van der Waals surface area contributed by atoms with Crippen LogP contribution < -0.4 is 11.3 Å². The highest BCUT2D eigenvalue weighted by atomic mass is 35.5. The lowest BCUT2D eigenvalue weighted by Gasteiger charge is -2.18. The van der Waals surface area contributed by atoms with Gasteiger partial charge in [-0.15, -0.1) is 0 Å². The van der Waals surface area contributed by atoms with Gasteiger partial charge in [0, 0.05) is 23.0 Å². The fraction of sp³-hybridized carbons (Fsp3) is 0.611. The van der Waals surface area contributed by atoms with E-state index in [1.807, 2.05) is 27.7 Å². The monoisotopic (exact) mass is 470 g/mol. The molecule has 11 heteroatoms. The van der Waals surface area contributed by atoms with E-state index in [4.69, 9.17) is 27.9 Å². The summed E-state index contributed by atoms with van der Waals surface area (Å²) in [7, 11) is 0. The lowest BCUT2D eigenvalue weighted by Crippen LogP contribution is -2.40. The summed E-state index contributed by atoms with van der Waals surface area (Å²) >= 11 is 11.6. The summed E-state index contributed by atoms with van der Waals surface area (Å²) in [6.07, 6.45) is -6.64. The normalized spacial score (nSPS) is 10.4. The lowest BCUT2D eigenvalue weighted by atomic mass is 10.1. The summed E-state index contributed by atoms with van der Waals surface area (Å²) in [5.41, 5.74) is 2.45. The number of alkyl halides is 5. The van der Waals surface area contributed by atoms with E-state index in [1.165, 1.54) is 0 Å². The van der Waals surface area contributed by atoms with Gasteiger partial charge < -0.3 is 4.74 Å². The standard InChI is InChI=1S/C10H10Cl2O2.C4H7F5N2.2C2H6/c1-2-14-10(13)5-7-3-4-8(11)6-9(7)12;5-3(6,1-2-11-10)4(7,8)9;2*1-2/h3-4,6H,2,5H2,1H3;11H,1-2,10H2;2*1-2H3. The Morgan fingerprint density at radius 2 is 1.62 bits per heavy atom. The highest BCUT2D eigenvalue weighted by Crippen LogP contribution is 2.37. The average molecular weight is 471 g/mol. The molecule has 29 heavy (non-hydrogen) atoms. The van der Waals surface area contributed by atoms with Gasteiger partial charge in [-0.1, -0.05) is 57.0 Å². The van der Waals surface area contributed by atoms with Gasteiger partial charge in [0.2, 0.25) is 0 Å². The largest absolute Gasteiger partial charge is 0.466 e. The van der Waals surface area contributed by atoms with E-state index in [0.717, 1.165) is 5.56 Å². The number of hydrogen-bond acceptors (Lipinski definition) is 4. The Balaban J connectivity index is -0.000000406. The predicted molar refractivity (Wildman–Crippen MR) is 107 cm³/mol. The van der Waals surface area contributed by atoms with Crippen molar-refractivity contribution in [2.24, 2.45) is 5.84 Å². The van der Waals surface area contributed by atoms with Crippen molar-refractivity contribution < 1.29 is 31.5 Å². The van der Waals surface area contributed by atoms with E-state index in [2.05, 4.69) is 5.84 Å². The van der Waals surface area contributed by atoms with Crippen LogP contribution in [0.25, 0.3) is 0 Å². The fourth-order valence-corrected chi connectivity index (χ4v) is 1.88. The van der Waals surface area contributed by atoms with Crippen molar-refractivity contribution >= 4 is 29.2 Å². The minimum absolute atomic E-state index is 0.184. The van der Waals surface area contributed by atoms with Crippen LogP contribution in [0.5, 0.6) is 0 Å². The van der Waals surface area contributed by atoms with Gasteiger partial charge in [-0.05, 0) is 24.6 Å². The Morgan fingerprint density at radius 3 is 2.00 bits per heavy atom. The van der Waals surface area contributed by atoms with E-state index >= 15 is 0 Å². The molecule has 0 aliphatic heterocycles. The zero-order chi connectivity index (χ0) is 23.7. The van der Waals surface area contributed by atoms with Crippen LogP contribution in [-0.4, -0.2) is 31.2 Å². The van der Waals surface area contributed by atoms with E-state index < -0.39 is 25.1 Å². The maximum absolute atomic E-state index is 11.9. The lowest BCUT2D eigenvalue weighted by molar-refractivity contribution is -0.283. The summed E-state index contributed by atoms with van der Waals surface area (Å²) in [5, 5.41) is 1.05. The third-order valence-corrected chi connectivity index (χ3v) is 3.24. The fourth-order valence-electron chi connectivity index (χ4n) is 1.40. The Kier molecular flexibility index (Phi) is 19.8. The number of rotatable bonds is 6. The maximum Gasteiger partial charge on any atom is 0.453 e. The molecule has 0 fully saturated rings. The van der Waals surface area contributed by atoms with E-state index in [0.29, 0.717) is 16.7 Å². The van der Waals surface area contributed by atoms with Gasteiger partial charge in [0.05, 0.1) is 13.0 Å². The number of nitrogens with two attached hydrogens (primary N) is 1. The molecule has 1 aromatic carbocycles. The van der Waals surface area contributed by atoms with Crippen molar-refractivity contribution in [3.8, 4) is 0 Å². The molecule has 0 spiro atoms. The number of carbonyl (C=O) groups excluding carboxylic acids is 1. The van der Waals surface area contributed by atoms with E-state index in [9.17, 15) is 26.7 Å². The number of esters is 1. The average Bonchev–Trinajstić information content (AvgIpc) is 2.65. The van der Waals surface area contributed by atoms with Crippen LogP contribution >= 0.6 is 23.2 Å². The Labute approximate surface area is 178 Å². The third-order valence-electron chi connectivity index (χ3n) is 2.65. The van der Waals surface area contributed by atoms with Crippen LogP contribution in [0.2, 0.25) is 10.0 Å². The summed E-state index contributed by atoms with van der Waals surface area (Å²) in [6, 6.07) is 5.03. The topological polar surface area (TPSA) is 64.3 Å². The van der Waals surface area contributed by atoms with Crippen molar-refractivity contribution in [1.29, 1.82) is 0 Å². The molecule has 0 unspecified atom stereocenters. The van der Waals surface area contributed by atoms with Gasteiger partial charge in [0.1, 0.15) is 0 Å². The predicted octanol–water partition coefficient (Wildman–Crippen LogP) is 6.19. The summed E-state index contributed by atoms with van der Waals surface area (Å²) in [4.78, 5) is 11.1. The molecule has 3 N–H and O–H groups in total. The van der Waals surface area contributed by atoms with Gasteiger partial charge in [0.25, 0.3) is 0 Å². The molecular weight excluding hydrogens is 442 g/mol. The van der Waals surface area contributed by atoms with Crippen LogP contribution in [0.15, 0.2) is 18.2 Å². The van der Waals surface area contributed by atoms with Crippen molar-refractivity contribution in [2.45, 2.75) is 59.6 Å². The molecule has 0 amide bonds. The van der Waals surface area contributed by atoms with Crippen molar-refractivity contribution in [2.75, 3.05) is 13.2 Å². The minimum atomic E-state index is -5.48. The molecule has 4 nitrogen and oxygen atoms in total. The second kappa shape index (κ2) is 17.7. The Bertz CT molecular complexity index is 560. The second-order valence-electron chi connectivity index (χ2n) is 4.62. The quantitative estimate of drug-likeness (QED) is 0.225. The highest BCUT2D eigenvalue weighted by Gasteiger charge is 2.56. The molecule has 1 aromatic rings. The smallest absolute Gasteiger partial charge is 0.453 e. The number of nitrogens with one attached hydrogen (secondary N) is 1. The molecule has 0 radical (unpaired) electrons. The SMILES string of the molecule is CC.CC.CCOC(=O)Cc1ccc(Cl)cc1Cl.NNCCC(F)(F)C(F)(F)F. The first kappa shape index (κ1) is 32.5. The molecular formula is C18H29Cl2F5N2O2. The number of halogens is 7. The van der Waals surface area contributed by atoms with Gasteiger partial charge >= 0.3 is 18.1 Å². The number of hydrazine groups is 1. The Morgan fingerprint density at radius 1 is 1.10 bits per heavy atom. The molecule has 0 aliphatic carbocycles. The molecule has 0 aromatic heterocycles. The van der Waals surface area contributed by atoms with E-state index in [1.54, 1.807) is 30.5 Å². The first-order valence-corrected chi connectivity index (χ1v) is 9.67. The highest BCUT2D eigenvalue weighted by molar-refractivity contribution is 6.35. The van der Waals surface area contributed by atoms with E-state index in [-0.39, 0.29) is 12.4 Å². The van der Waals surface area contributed by atoms with Gasteiger partial charge in [-0.3, -0.25) is 16.1 Å². The van der Waals surface area contributed by atoms with Crippen LogP contribution in [0.3, 0.4) is 0 Å². The molecule has 0 aliphatic rings.